The zero-order valence-electron chi connectivity index (χ0n) is 8.90. The van der Waals surface area contributed by atoms with Gasteiger partial charge in [-0.15, -0.1) is 0 Å². The Bertz CT molecular complexity index is 535. The van der Waals surface area contributed by atoms with Crippen LogP contribution in [0.5, 0.6) is 0 Å². The van der Waals surface area contributed by atoms with Crippen LogP contribution in [0.4, 0.5) is 0 Å². The molecule has 1 atom stereocenters. The van der Waals surface area contributed by atoms with Gasteiger partial charge >= 0.3 is 0 Å². The summed E-state index contributed by atoms with van der Waals surface area (Å²) in [5.41, 5.74) is 2.91. The van der Waals surface area contributed by atoms with Gasteiger partial charge in [-0.05, 0) is 34.2 Å². The molecule has 15 heavy (non-hydrogen) atoms. The van der Waals surface area contributed by atoms with Crippen molar-refractivity contribution in [2.75, 3.05) is 0 Å². The molecule has 0 N–H and O–H groups in total. The fourth-order valence-electron chi connectivity index (χ4n) is 2.39. The summed E-state index contributed by atoms with van der Waals surface area (Å²) in [6.45, 7) is 2.27. The monoisotopic (exact) mass is 194 g/mol. The highest BCUT2D eigenvalue weighted by Gasteiger charge is 2.11. The lowest BCUT2D eigenvalue weighted by atomic mass is 9.88. The summed E-state index contributed by atoms with van der Waals surface area (Å²) in [5, 5.41) is 2.73. The number of hydrogen-bond acceptors (Lipinski definition) is 0. The van der Waals surface area contributed by atoms with Crippen molar-refractivity contribution in [1.82, 2.24) is 0 Å². The highest BCUT2D eigenvalue weighted by Crippen LogP contribution is 2.29. The Morgan fingerprint density at radius 1 is 1.07 bits per heavy atom. The van der Waals surface area contributed by atoms with Crippen LogP contribution in [0.15, 0.2) is 42.5 Å². The predicted molar refractivity (Wildman–Crippen MR) is 65.9 cm³/mol. The number of hydrogen-bond donors (Lipinski definition) is 0. The Morgan fingerprint density at radius 3 is 2.87 bits per heavy atom. The molecule has 2 aromatic rings. The van der Waals surface area contributed by atoms with Crippen molar-refractivity contribution in [2.24, 2.45) is 5.92 Å². The van der Waals surface area contributed by atoms with Gasteiger partial charge in [0.05, 0.1) is 0 Å². The van der Waals surface area contributed by atoms with E-state index in [0.717, 1.165) is 0 Å². The summed E-state index contributed by atoms with van der Waals surface area (Å²) in [4.78, 5) is 0. The van der Waals surface area contributed by atoms with Gasteiger partial charge in [0.15, 0.2) is 0 Å². The van der Waals surface area contributed by atoms with Crippen LogP contribution in [-0.2, 0) is 6.42 Å². The van der Waals surface area contributed by atoms with E-state index in [0.29, 0.717) is 5.92 Å². The quantitative estimate of drug-likeness (QED) is 0.593. The van der Waals surface area contributed by atoms with Crippen molar-refractivity contribution in [3.63, 3.8) is 0 Å². The maximum absolute atomic E-state index is 2.31. The number of benzene rings is 2. The third-order valence-corrected chi connectivity index (χ3v) is 3.19. The Balaban J connectivity index is 2.33. The number of allylic oxidation sites excluding steroid dienone is 1. The Kier molecular flexibility index (Phi) is 1.88. The molecule has 0 amide bonds. The minimum Gasteiger partial charge on any atom is -0.0807 e. The smallest absolute Gasteiger partial charge is 0.0109 e. The molecular formula is C15H14. The molecular weight excluding hydrogens is 180 g/mol. The van der Waals surface area contributed by atoms with Gasteiger partial charge in [0, 0.05) is 0 Å². The first kappa shape index (κ1) is 8.72. The van der Waals surface area contributed by atoms with Gasteiger partial charge in [-0.1, -0.05) is 55.5 Å². The third-order valence-electron chi connectivity index (χ3n) is 3.19. The second-order valence-electron chi connectivity index (χ2n) is 4.40. The van der Waals surface area contributed by atoms with Crippen molar-refractivity contribution in [2.45, 2.75) is 13.3 Å². The molecule has 0 saturated heterocycles. The van der Waals surface area contributed by atoms with E-state index in [1.54, 1.807) is 0 Å². The van der Waals surface area contributed by atoms with Crippen molar-refractivity contribution in [3.05, 3.63) is 53.6 Å². The Morgan fingerprint density at radius 2 is 1.93 bits per heavy atom. The summed E-state index contributed by atoms with van der Waals surface area (Å²) in [5.74, 6) is 0.679. The normalized spacial score (nSPS) is 19.1. The standard InChI is InChI=1S/C15H14/c1-11-6-9-15-13(10-11)8-7-12-4-2-3-5-14(12)15/h2-9,11H,10H2,1H3. The maximum Gasteiger partial charge on any atom is -0.0109 e. The highest BCUT2D eigenvalue weighted by molar-refractivity contribution is 5.92. The molecule has 0 radical (unpaired) electrons. The van der Waals surface area contributed by atoms with Gasteiger partial charge in [0.1, 0.15) is 0 Å². The van der Waals surface area contributed by atoms with Crippen LogP contribution in [0.25, 0.3) is 16.8 Å². The molecule has 74 valence electrons. The van der Waals surface area contributed by atoms with Crippen LogP contribution in [0, 0.1) is 5.92 Å². The zero-order valence-corrected chi connectivity index (χ0v) is 8.90. The summed E-state index contributed by atoms with van der Waals surface area (Å²) in [6.07, 6.45) is 5.78. The number of rotatable bonds is 0. The minimum absolute atomic E-state index is 0.679. The first-order chi connectivity index (χ1) is 7.34. The molecule has 3 rings (SSSR count). The molecule has 0 heteroatoms. The number of fused-ring (bicyclic) bond motifs is 3. The van der Waals surface area contributed by atoms with Gasteiger partial charge in [-0.2, -0.15) is 0 Å². The lowest BCUT2D eigenvalue weighted by Gasteiger charge is -2.17. The van der Waals surface area contributed by atoms with E-state index < -0.39 is 0 Å². The largest absolute Gasteiger partial charge is 0.0807 e. The van der Waals surface area contributed by atoms with Crippen molar-refractivity contribution < 1.29 is 0 Å². The van der Waals surface area contributed by atoms with Crippen LogP contribution in [0.2, 0.25) is 0 Å². The van der Waals surface area contributed by atoms with Crippen LogP contribution in [0.3, 0.4) is 0 Å². The summed E-state index contributed by atoms with van der Waals surface area (Å²) in [7, 11) is 0. The van der Waals surface area contributed by atoms with Crippen molar-refractivity contribution in [3.8, 4) is 0 Å². The zero-order chi connectivity index (χ0) is 10.3. The Hall–Kier alpha value is -1.56. The summed E-state index contributed by atoms with van der Waals surface area (Å²) in [6, 6.07) is 13.1. The highest BCUT2D eigenvalue weighted by atomic mass is 14.2. The average molecular weight is 194 g/mol. The minimum atomic E-state index is 0.679. The maximum atomic E-state index is 2.31. The fourth-order valence-corrected chi connectivity index (χ4v) is 2.39. The van der Waals surface area contributed by atoms with E-state index in [9.17, 15) is 0 Å². The molecule has 0 saturated carbocycles. The summed E-state index contributed by atoms with van der Waals surface area (Å²) < 4.78 is 0. The van der Waals surface area contributed by atoms with Crippen LogP contribution < -0.4 is 0 Å². The van der Waals surface area contributed by atoms with Crippen molar-refractivity contribution in [1.29, 1.82) is 0 Å². The molecule has 0 spiro atoms. The van der Waals surface area contributed by atoms with E-state index in [4.69, 9.17) is 0 Å². The molecule has 0 bridgehead atoms. The molecule has 0 aliphatic heterocycles. The van der Waals surface area contributed by atoms with Crippen LogP contribution >= 0.6 is 0 Å². The fraction of sp³-hybridized carbons (Fsp3) is 0.200. The van der Waals surface area contributed by atoms with E-state index >= 15 is 0 Å². The van der Waals surface area contributed by atoms with Gasteiger partial charge in [-0.25, -0.2) is 0 Å². The second kappa shape index (κ2) is 3.23. The molecule has 0 nitrogen and oxygen atoms in total. The van der Waals surface area contributed by atoms with E-state index in [1.807, 2.05) is 0 Å². The molecule has 0 aromatic heterocycles. The van der Waals surface area contributed by atoms with Crippen LogP contribution in [0.1, 0.15) is 18.1 Å². The molecule has 1 unspecified atom stereocenters. The molecule has 2 aromatic carbocycles. The lowest BCUT2D eigenvalue weighted by molar-refractivity contribution is 0.718. The van der Waals surface area contributed by atoms with Gasteiger partial charge in [-0.3, -0.25) is 0 Å². The summed E-state index contributed by atoms with van der Waals surface area (Å²) >= 11 is 0. The first-order valence-electron chi connectivity index (χ1n) is 5.53. The first-order valence-corrected chi connectivity index (χ1v) is 5.53. The van der Waals surface area contributed by atoms with E-state index in [2.05, 4.69) is 55.5 Å². The average Bonchev–Trinajstić information content (AvgIpc) is 2.28. The SMILES string of the molecule is CC1C=Cc2c(ccc3ccccc23)C1. The van der Waals surface area contributed by atoms with E-state index in [-0.39, 0.29) is 0 Å². The van der Waals surface area contributed by atoms with Gasteiger partial charge in [0.2, 0.25) is 0 Å². The topological polar surface area (TPSA) is 0 Å². The molecule has 0 fully saturated rings. The van der Waals surface area contributed by atoms with Gasteiger partial charge < -0.3 is 0 Å². The van der Waals surface area contributed by atoms with Crippen LogP contribution in [-0.4, -0.2) is 0 Å². The second-order valence-corrected chi connectivity index (χ2v) is 4.40. The van der Waals surface area contributed by atoms with Crippen molar-refractivity contribution >= 4 is 16.8 Å². The van der Waals surface area contributed by atoms with E-state index in [1.165, 1.54) is 28.3 Å². The Labute approximate surface area is 90.2 Å². The predicted octanol–water partition coefficient (Wildman–Crippen LogP) is 4.05. The molecule has 1 aliphatic carbocycles. The third kappa shape index (κ3) is 1.37. The molecule has 0 heterocycles. The lowest BCUT2D eigenvalue weighted by Crippen LogP contribution is -2.03. The van der Waals surface area contributed by atoms with Gasteiger partial charge in [0.25, 0.3) is 0 Å². The molecule has 1 aliphatic rings.